The van der Waals surface area contributed by atoms with Crippen LogP contribution in [0.2, 0.25) is 5.02 Å². The summed E-state index contributed by atoms with van der Waals surface area (Å²) in [6, 6.07) is 12.4. The molecule has 0 aliphatic rings. The van der Waals surface area contributed by atoms with Gasteiger partial charge in [0, 0.05) is 18.2 Å². The number of rotatable bonds is 5. The maximum Gasteiger partial charge on any atom is 0.291 e. The molecule has 2 aromatic carbocycles. The number of nitrogens with zero attached hydrogens (tertiary/aromatic N) is 2. The van der Waals surface area contributed by atoms with Crippen molar-refractivity contribution in [2.75, 3.05) is 5.32 Å². The van der Waals surface area contributed by atoms with E-state index in [1.807, 2.05) is 0 Å². The van der Waals surface area contributed by atoms with Gasteiger partial charge in [-0.15, -0.1) is 0 Å². The summed E-state index contributed by atoms with van der Waals surface area (Å²) in [5.74, 6) is -0.601. The molecule has 1 heterocycles. The summed E-state index contributed by atoms with van der Waals surface area (Å²) in [5.41, 5.74) is 0.0257. The van der Waals surface area contributed by atoms with Crippen LogP contribution in [0.4, 0.5) is 17.1 Å². The van der Waals surface area contributed by atoms with Crippen molar-refractivity contribution in [3.05, 3.63) is 85.6 Å². The molecule has 0 saturated heterocycles. The molecule has 9 nitrogen and oxygen atoms in total. The molecule has 0 radical (unpaired) electrons. The lowest BCUT2D eigenvalue weighted by molar-refractivity contribution is -0.384. The van der Waals surface area contributed by atoms with Gasteiger partial charge >= 0.3 is 0 Å². The highest BCUT2D eigenvalue weighted by Crippen LogP contribution is 2.31. The number of nitro groups is 2. The highest BCUT2D eigenvalue weighted by Gasteiger charge is 2.20. The Labute approximate surface area is 156 Å². The zero-order valence-corrected chi connectivity index (χ0v) is 14.2. The largest absolute Gasteiger partial charge is 0.451 e. The molecule has 0 saturated carbocycles. The van der Waals surface area contributed by atoms with E-state index in [9.17, 15) is 25.0 Å². The van der Waals surface area contributed by atoms with Crippen LogP contribution < -0.4 is 5.32 Å². The molecule has 0 atom stereocenters. The highest BCUT2D eigenvalue weighted by molar-refractivity contribution is 6.34. The van der Waals surface area contributed by atoms with E-state index in [-0.39, 0.29) is 39.2 Å². The van der Waals surface area contributed by atoms with E-state index in [4.69, 9.17) is 16.0 Å². The Morgan fingerprint density at radius 1 is 1.00 bits per heavy atom. The quantitative estimate of drug-likeness (QED) is 0.500. The van der Waals surface area contributed by atoms with Crippen LogP contribution in [-0.4, -0.2) is 15.8 Å². The van der Waals surface area contributed by atoms with Crippen LogP contribution in [0.15, 0.2) is 59.0 Å². The van der Waals surface area contributed by atoms with Crippen molar-refractivity contribution in [3.63, 3.8) is 0 Å². The van der Waals surface area contributed by atoms with Gasteiger partial charge in [-0.2, -0.15) is 0 Å². The maximum atomic E-state index is 12.3. The first-order valence-electron chi connectivity index (χ1n) is 7.45. The zero-order valence-electron chi connectivity index (χ0n) is 13.4. The number of halogens is 1. The van der Waals surface area contributed by atoms with Gasteiger partial charge in [0.05, 0.1) is 26.1 Å². The fourth-order valence-corrected chi connectivity index (χ4v) is 2.57. The van der Waals surface area contributed by atoms with Crippen molar-refractivity contribution in [1.82, 2.24) is 0 Å². The first kappa shape index (κ1) is 18.1. The standard InChI is InChI=1S/C17H10ClN3O6/c18-12-9-10(20(23)24)5-6-13(12)19-17(22)16-8-7-15(27-16)11-3-1-2-4-14(11)21(25)26/h1-9H,(H,19,22). The van der Waals surface area contributed by atoms with E-state index < -0.39 is 15.8 Å². The van der Waals surface area contributed by atoms with Crippen LogP contribution >= 0.6 is 11.6 Å². The molecule has 0 spiro atoms. The van der Waals surface area contributed by atoms with Crippen LogP contribution in [0, 0.1) is 20.2 Å². The van der Waals surface area contributed by atoms with Crippen molar-refractivity contribution in [2.45, 2.75) is 0 Å². The summed E-state index contributed by atoms with van der Waals surface area (Å²) >= 11 is 5.94. The molecule has 0 bridgehead atoms. The minimum absolute atomic E-state index is 0.0111. The third kappa shape index (κ3) is 3.77. The summed E-state index contributed by atoms with van der Waals surface area (Å²) in [4.78, 5) is 33.0. The van der Waals surface area contributed by atoms with Crippen LogP contribution in [0.1, 0.15) is 10.6 Å². The Kier molecular flexibility index (Phi) is 4.86. The van der Waals surface area contributed by atoms with E-state index in [0.29, 0.717) is 0 Å². The van der Waals surface area contributed by atoms with Gasteiger partial charge in [-0.3, -0.25) is 25.0 Å². The number of nitro benzene ring substituents is 2. The van der Waals surface area contributed by atoms with Gasteiger partial charge in [0.25, 0.3) is 17.3 Å². The predicted octanol–water partition coefficient (Wildman–Crippen LogP) is 4.67. The fraction of sp³-hybridized carbons (Fsp3) is 0. The predicted molar refractivity (Wildman–Crippen MR) is 96.9 cm³/mol. The van der Waals surface area contributed by atoms with E-state index in [1.54, 1.807) is 6.07 Å². The van der Waals surface area contributed by atoms with Crippen molar-refractivity contribution >= 4 is 34.6 Å². The van der Waals surface area contributed by atoms with E-state index in [2.05, 4.69) is 5.32 Å². The molecule has 0 fully saturated rings. The van der Waals surface area contributed by atoms with Crippen molar-refractivity contribution in [2.24, 2.45) is 0 Å². The number of non-ortho nitro benzene ring substituents is 1. The Hall–Kier alpha value is -3.72. The molecule has 0 aliphatic carbocycles. The molecular weight excluding hydrogens is 378 g/mol. The van der Waals surface area contributed by atoms with Crippen molar-refractivity contribution < 1.29 is 19.1 Å². The van der Waals surface area contributed by atoms with Crippen LogP contribution in [-0.2, 0) is 0 Å². The van der Waals surface area contributed by atoms with Crippen LogP contribution in [0.25, 0.3) is 11.3 Å². The SMILES string of the molecule is O=C(Nc1ccc([N+](=O)[O-])cc1Cl)c1ccc(-c2ccccc2[N+](=O)[O-])o1. The molecule has 3 aromatic rings. The lowest BCUT2D eigenvalue weighted by Gasteiger charge is -2.05. The first-order valence-corrected chi connectivity index (χ1v) is 7.83. The number of carbonyl (C=O) groups is 1. The molecule has 10 heteroatoms. The minimum Gasteiger partial charge on any atom is -0.451 e. The van der Waals surface area contributed by atoms with E-state index in [1.165, 1.54) is 42.5 Å². The van der Waals surface area contributed by atoms with E-state index in [0.717, 1.165) is 6.07 Å². The average molecular weight is 388 g/mol. The highest BCUT2D eigenvalue weighted by atomic mass is 35.5. The van der Waals surface area contributed by atoms with Crippen molar-refractivity contribution in [1.29, 1.82) is 0 Å². The van der Waals surface area contributed by atoms with Crippen molar-refractivity contribution in [3.8, 4) is 11.3 Å². The second kappa shape index (κ2) is 7.26. The number of amides is 1. The second-order valence-electron chi connectivity index (χ2n) is 5.31. The Morgan fingerprint density at radius 3 is 2.41 bits per heavy atom. The number of benzene rings is 2. The van der Waals surface area contributed by atoms with Gasteiger partial charge < -0.3 is 9.73 Å². The van der Waals surface area contributed by atoms with Crippen LogP contribution in [0.5, 0.6) is 0 Å². The minimum atomic E-state index is -0.657. The summed E-state index contributed by atoms with van der Waals surface area (Å²) in [5, 5.41) is 24.3. The van der Waals surface area contributed by atoms with Gasteiger partial charge in [-0.05, 0) is 24.3 Å². The molecule has 1 N–H and O–H groups in total. The topological polar surface area (TPSA) is 129 Å². The molecule has 0 aliphatic heterocycles. The lowest BCUT2D eigenvalue weighted by Crippen LogP contribution is -2.11. The number of nitrogens with one attached hydrogen (secondary N) is 1. The molecular formula is C17H10ClN3O6. The van der Waals surface area contributed by atoms with Gasteiger partial charge in [0.2, 0.25) is 0 Å². The lowest BCUT2D eigenvalue weighted by atomic mass is 10.1. The number of anilines is 1. The summed E-state index contributed by atoms with van der Waals surface area (Å²) in [6.45, 7) is 0. The average Bonchev–Trinajstić information content (AvgIpc) is 3.13. The summed E-state index contributed by atoms with van der Waals surface area (Å²) in [7, 11) is 0. The number of para-hydroxylation sites is 1. The molecule has 0 unspecified atom stereocenters. The Balaban J connectivity index is 1.84. The number of carbonyl (C=O) groups excluding carboxylic acids is 1. The van der Waals surface area contributed by atoms with Gasteiger partial charge in [-0.25, -0.2) is 0 Å². The number of hydrogen-bond acceptors (Lipinski definition) is 6. The molecule has 136 valence electrons. The van der Waals surface area contributed by atoms with E-state index >= 15 is 0 Å². The van der Waals surface area contributed by atoms with Gasteiger partial charge in [-0.1, -0.05) is 23.7 Å². The third-order valence-electron chi connectivity index (χ3n) is 3.61. The number of furan rings is 1. The molecule has 3 rings (SSSR count). The van der Waals surface area contributed by atoms with Gasteiger partial charge in [0.1, 0.15) is 5.76 Å². The normalized spacial score (nSPS) is 10.4. The Morgan fingerprint density at radius 2 is 1.74 bits per heavy atom. The first-order chi connectivity index (χ1) is 12.9. The molecule has 1 aromatic heterocycles. The Bertz CT molecular complexity index is 1060. The maximum absolute atomic E-state index is 12.3. The monoisotopic (exact) mass is 387 g/mol. The van der Waals surface area contributed by atoms with Gasteiger partial charge in [0.15, 0.2) is 5.76 Å². The third-order valence-corrected chi connectivity index (χ3v) is 3.92. The smallest absolute Gasteiger partial charge is 0.291 e. The summed E-state index contributed by atoms with van der Waals surface area (Å²) < 4.78 is 5.43. The molecule has 27 heavy (non-hydrogen) atoms. The number of hydrogen-bond donors (Lipinski definition) is 1. The van der Waals surface area contributed by atoms with Crippen LogP contribution in [0.3, 0.4) is 0 Å². The molecule has 1 amide bonds. The zero-order chi connectivity index (χ0) is 19.6. The summed E-state index contributed by atoms with van der Waals surface area (Å²) in [6.07, 6.45) is 0. The second-order valence-corrected chi connectivity index (χ2v) is 5.72. The fourth-order valence-electron chi connectivity index (χ4n) is 2.35.